The molecule has 0 fully saturated rings. The van der Waals surface area contributed by atoms with E-state index in [0.29, 0.717) is 12.4 Å². The van der Waals surface area contributed by atoms with Crippen molar-refractivity contribution in [3.63, 3.8) is 0 Å². The first kappa shape index (κ1) is 25.3. The minimum Gasteiger partial charge on any atom is -0.487 e. The fourth-order valence-electron chi connectivity index (χ4n) is 3.90. The van der Waals surface area contributed by atoms with Crippen LogP contribution in [0.4, 0.5) is 0 Å². The first-order valence-electron chi connectivity index (χ1n) is 11.7. The summed E-state index contributed by atoms with van der Waals surface area (Å²) >= 11 is 5.20. The zero-order valence-electron chi connectivity index (χ0n) is 19.4. The Balaban J connectivity index is 1.35. The summed E-state index contributed by atoms with van der Waals surface area (Å²) in [5.74, 6) is 0.648. The number of benzene rings is 3. The molecule has 3 aromatic carbocycles. The largest absolute Gasteiger partial charge is 0.487 e. The van der Waals surface area contributed by atoms with Crippen molar-refractivity contribution in [2.24, 2.45) is 0 Å². The first-order valence-corrected chi connectivity index (χ1v) is 13.6. The number of aliphatic carboxylic acids is 1. The molecule has 180 valence electrons. The third-order valence-electron chi connectivity index (χ3n) is 5.77. The van der Waals surface area contributed by atoms with E-state index < -0.39 is 5.97 Å². The topological polar surface area (TPSA) is 59.4 Å². The van der Waals surface area contributed by atoms with Gasteiger partial charge in [0.2, 0.25) is 0 Å². The molecule has 6 heteroatoms. The molecular weight excluding hydrogens is 522 g/mol. The molecule has 0 spiro atoms. The van der Waals surface area contributed by atoms with Gasteiger partial charge in [-0.3, -0.25) is 4.79 Å². The van der Waals surface area contributed by atoms with E-state index in [-0.39, 0.29) is 11.7 Å². The second-order valence-electron chi connectivity index (χ2n) is 8.37. The van der Waals surface area contributed by atoms with Crippen LogP contribution in [0, 0.1) is 0 Å². The van der Waals surface area contributed by atoms with Crippen LogP contribution in [0.15, 0.2) is 89.4 Å². The number of thioether (sulfide) groups is 1. The molecule has 1 atom stereocenters. The quantitative estimate of drug-likeness (QED) is 0.195. The van der Waals surface area contributed by atoms with Crippen molar-refractivity contribution in [3.05, 3.63) is 106 Å². The van der Waals surface area contributed by atoms with Gasteiger partial charge in [-0.15, -0.1) is 0 Å². The Morgan fingerprint density at radius 1 is 0.971 bits per heavy atom. The third-order valence-corrected chi connectivity index (χ3v) is 7.65. The monoisotopic (exact) mass is 549 g/mol. The highest BCUT2D eigenvalue weighted by molar-refractivity contribution is 9.10. The van der Waals surface area contributed by atoms with Crippen LogP contribution in [0.1, 0.15) is 41.3 Å². The minimum atomic E-state index is -0.753. The second-order valence-corrected chi connectivity index (χ2v) is 10.6. The van der Waals surface area contributed by atoms with E-state index >= 15 is 0 Å². The van der Waals surface area contributed by atoms with Crippen LogP contribution in [0.2, 0.25) is 0 Å². The third kappa shape index (κ3) is 7.84. The van der Waals surface area contributed by atoms with Gasteiger partial charge in [-0.1, -0.05) is 64.5 Å². The molecule has 0 saturated carbocycles. The van der Waals surface area contributed by atoms with E-state index in [1.54, 1.807) is 11.8 Å². The van der Waals surface area contributed by atoms with Crippen molar-refractivity contribution in [2.45, 2.75) is 37.5 Å². The number of aryl methyl sites for hydroxylation is 1. The molecule has 1 N–H and O–H groups in total. The van der Waals surface area contributed by atoms with Crippen LogP contribution >= 0.6 is 27.7 Å². The molecule has 0 aliphatic carbocycles. The van der Waals surface area contributed by atoms with E-state index in [9.17, 15) is 4.79 Å². The average Bonchev–Trinajstić information content (AvgIpc) is 2.88. The Morgan fingerprint density at radius 3 is 2.51 bits per heavy atom. The first-order chi connectivity index (χ1) is 17.1. The number of fused-ring (bicyclic) bond motifs is 1. The number of para-hydroxylation sites is 1. The number of carboxylic acids is 1. The van der Waals surface area contributed by atoms with E-state index in [2.05, 4.69) is 69.4 Å². The Labute approximate surface area is 218 Å². The standard InChI is InChI=1S/C29H28BrNO3S/c30-24-13-8-21(9-14-24)4-3-7-28(35-19-18-29(32)33)23-11-16-26(17-12-23)34-20-25-15-10-22-5-1-2-6-27(22)31-25/h1-2,5-6,8-17,28H,3-4,7,18-20H2,(H,32,33). The predicted octanol–water partition coefficient (Wildman–Crippen LogP) is 7.85. The molecule has 0 aliphatic heterocycles. The van der Waals surface area contributed by atoms with Crippen molar-refractivity contribution in [1.82, 2.24) is 4.98 Å². The SMILES string of the molecule is O=C(O)CCSC(CCCc1ccc(Br)cc1)c1ccc(OCc2ccc3ccccc3n2)cc1. The summed E-state index contributed by atoms with van der Waals surface area (Å²) in [6.45, 7) is 0.411. The lowest BCUT2D eigenvalue weighted by Gasteiger charge is -2.17. The molecular formula is C29H28BrNO3S. The van der Waals surface area contributed by atoms with Gasteiger partial charge < -0.3 is 9.84 Å². The van der Waals surface area contributed by atoms with Crippen molar-refractivity contribution >= 4 is 44.6 Å². The zero-order chi connectivity index (χ0) is 24.5. The van der Waals surface area contributed by atoms with E-state index in [1.165, 1.54) is 11.1 Å². The highest BCUT2D eigenvalue weighted by Gasteiger charge is 2.14. The number of carbonyl (C=O) groups is 1. The van der Waals surface area contributed by atoms with E-state index in [1.807, 2.05) is 36.4 Å². The van der Waals surface area contributed by atoms with E-state index in [0.717, 1.165) is 46.1 Å². The van der Waals surface area contributed by atoms with Crippen molar-refractivity contribution in [1.29, 1.82) is 0 Å². The Bertz CT molecular complexity index is 1250. The maximum Gasteiger partial charge on any atom is 0.304 e. The molecule has 0 radical (unpaired) electrons. The van der Waals surface area contributed by atoms with Crippen LogP contribution in [0.25, 0.3) is 10.9 Å². The summed E-state index contributed by atoms with van der Waals surface area (Å²) in [5.41, 5.74) is 4.37. The van der Waals surface area contributed by atoms with Gasteiger partial charge in [0, 0.05) is 20.9 Å². The van der Waals surface area contributed by atoms with Crippen molar-refractivity contribution in [2.75, 3.05) is 5.75 Å². The Hall–Kier alpha value is -2.83. The molecule has 35 heavy (non-hydrogen) atoms. The smallest absolute Gasteiger partial charge is 0.304 e. The van der Waals surface area contributed by atoms with E-state index in [4.69, 9.17) is 9.84 Å². The van der Waals surface area contributed by atoms with Crippen molar-refractivity contribution in [3.8, 4) is 5.75 Å². The Morgan fingerprint density at radius 2 is 1.74 bits per heavy atom. The average molecular weight is 551 g/mol. The van der Waals surface area contributed by atoms with Gasteiger partial charge in [0.1, 0.15) is 12.4 Å². The molecule has 4 nitrogen and oxygen atoms in total. The number of pyridine rings is 1. The van der Waals surface area contributed by atoms with Crippen molar-refractivity contribution < 1.29 is 14.6 Å². The summed E-state index contributed by atoms with van der Waals surface area (Å²) in [4.78, 5) is 15.7. The van der Waals surface area contributed by atoms with Gasteiger partial charge in [0.25, 0.3) is 0 Å². The lowest BCUT2D eigenvalue weighted by atomic mass is 10.0. The van der Waals surface area contributed by atoms with Crippen LogP contribution in [-0.4, -0.2) is 21.8 Å². The fourth-order valence-corrected chi connectivity index (χ4v) is 5.43. The number of hydrogen-bond donors (Lipinski definition) is 1. The van der Waals surface area contributed by atoms with Crippen LogP contribution in [-0.2, 0) is 17.8 Å². The number of hydrogen-bond acceptors (Lipinski definition) is 4. The molecule has 0 bridgehead atoms. The summed E-state index contributed by atoms with van der Waals surface area (Å²) in [7, 11) is 0. The van der Waals surface area contributed by atoms with Crippen LogP contribution in [0.5, 0.6) is 5.75 Å². The van der Waals surface area contributed by atoms with Gasteiger partial charge in [-0.05, 0) is 66.8 Å². The summed E-state index contributed by atoms with van der Waals surface area (Å²) < 4.78 is 7.07. The minimum absolute atomic E-state index is 0.174. The van der Waals surface area contributed by atoms with Gasteiger partial charge in [0.15, 0.2) is 0 Å². The number of halogens is 1. The second kappa shape index (κ2) is 12.8. The molecule has 0 saturated heterocycles. The maximum absolute atomic E-state index is 11.0. The number of aromatic nitrogens is 1. The van der Waals surface area contributed by atoms with Gasteiger partial charge in [0.05, 0.1) is 17.6 Å². The summed E-state index contributed by atoms with van der Waals surface area (Å²) in [5, 5.41) is 10.4. The van der Waals surface area contributed by atoms with Gasteiger partial charge in [-0.25, -0.2) is 4.98 Å². The molecule has 1 heterocycles. The molecule has 1 aromatic heterocycles. The number of carboxylic acid groups (broad SMARTS) is 1. The Kier molecular flexibility index (Phi) is 9.21. The van der Waals surface area contributed by atoms with Crippen LogP contribution < -0.4 is 4.74 Å². The zero-order valence-corrected chi connectivity index (χ0v) is 21.8. The normalized spacial score (nSPS) is 11.9. The summed E-state index contributed by atoms with van der Waals surface area (Å²) in [6.07, 6.45) is 3.21. The lowest BCUT2D eigenvalue weighted by Crippen LogP contribution is -2.02. The fraction of sp³-hybridized carbons (Fsp3) is 0.241. The highest BCUT2D eigenvalue weighted by atomic mass is 79.9. The van der Waals surface area contributed by atoms with Gasteiger partial charge >= 0.3 is 5.97 Å². The van der Waals surface area contributed by atoms with Gasteiger partial charge in [-0.2, -0.15) is 11.8 Å². The molecule has 4 aromatic rings. The molecule has 1 unspecified atom stereocenters. The maximum atomic E-state index is 11.0. The number of ether oxygens (including phenoxy) is 1. The number of rotatable bonds is 12. The molecule has 4 rings (SSSR count). The molecule has 0 aliphatic rings. The van der Waals surface area contributed by atoms with Crippen LogP contribution in [0.3, 0.4) is 0 Å². The number of nitrogens with zero attached hydrogens (tertiary/aromatic N) is 1. The lowest BCUT2D eigenvalue weighted by molar-refractivity contribution is -0.136. The predicted molar refractivity (Wildman–Crippen MR) is 147 cm³/mol. The summed E-state index contributed by atoms with van der Waals surface area (Å²) in [6, 6.07) is 28.7. The highest BCUT2D eigenvalue weighted by Crippen LogP contribution is 2.35. The molecule has 0 amide bonds.